The lowest BCUT2D eigenvalue weighted by atomic mass is 10.2. The van der Waals surface area contributed by atoms with Gasteiger partial charge in [-0.25, -0.2) is 9.78 Å². The lowest BCUT2D eigenvalue weighted by molar-refractivity contribution is 0.242. The predicted octanol–water partition coefficient (Wildman–Crippen LogP) is 0.764. The Morgan fingerprint density at radius 1 is 1.12 bits per heavy atom. The van der Waals surface area contributed by atoms with Crippen molar-refractivity contribution in [3.05, 3.63) is 55.6 Å². The van der Waals surface area contributed by atoms with Crippen molar-refractivity contribution in [1.82, 2.24) is 19.5 Å². The number of ether oxygens (including phenoxy) is 1. The van der Waals surface area contributed by atoms with Gasteiger partial charge in [0.1, 0.15) is 11.6 Å². The summed E-state index contributed by atoms with van der Waals surface area (Å²) < 4.78 is 6.78. The van der Waals surface area contributed by atoms with E-state index in [-0.39, 0.29) is 17.5 Å². The average molecular weight is 328 g/mol. The van der Waals surface area contributed by atoms with Gasteiger partial charge in [0.05, 0.1) is 22.6 Å². The summed E-state index contributed by atoms with van der Waals surface area (Å²) in [5, 5.41) is 0.359. The number of hydrogen-bond acceptors (Lipinski definition) is 5. The molecule has 0 radical (unpaired) electrons. The van der Waals surface area contributed by atoms with E-state index in [9.17, 15) is 14.4 Å². The van der Waals surface area contributed by atoms with Gasteiger partial charge in [0.25, 0.3) is 11.1 Å². The number of aromatic amines is 2. The van der Waals surface area contributed by atoms with Gasteiger partial charge in [-0.3, -0.25) is 14.6 Å². The number of H-pyrrole nitrogens is 2. The number of nitrogens with zero attached hydrogens (tertiary/aromatic N) is 2. The number of aryl methyl sites for hydroxylation is 1. The quantitative estimate of drug-likeness (QED) is 0.738. The molecule has 8 heteroatoms. The molecule has 0 unspecified atom stereocenters. The summed E-state index contributed by atoms with van der Waals surface area (Å²) in [7, 11) is 1.50. The van der Waals surface area contributed by atoms with Crippen LogP contribution in [0.5, 0.6) is 5.75 Å². The second-order valence-electron chi connectivity index (χ2n) is 5.67. The molecule has 2 heterocycles. The van der Waals surface area contributed by atoms with E-state index in [4.69, 9.17) is 4.74 Å². The van der Waals surface area contributed by atoms with Gasteiger partial charge in [-0.15, -0.1) is 0 Å². The molecular weight excluding hydrogens is 312 g/mol. The first-order valence-electron chi connectivity index (χ1n) is 7.36. The van der Waals surface area contributed by atoms with Crippen LogP contribution in [0, 0.1) is 0 Å². The third kappa shape index (κ3) is 2.85. The SMILES string of the molecule is CC(C)Oc1ccc2nc(-c3cn(C)c(=O)[nH]c3=O)[nH]c(=O)c2c1. The van der Waals surface area contributed by atoms with E-state index >= 15 is 0 Å². The molecular formula is C16H16N4O4. The number of fused-ring (bicyclic) bond motifs is 1. The van der Waals surface area contributed by atoms with E-state index in [2.05, 4.69) is 15.0 Å². The maximum atomic E-state index is 12.3. The van der Waals surface area contributed by atoms with Crippen molar-refractivity contribution in [3.63, 3.8) is 0 Å². The van der Waals surface area contributed by atoms with Gasteiger partial charge in [-0.1, -0.05) is 0 Å². The van der Waals surface area contributed by atoms with Crippen molar-refractivity contribution in [2.45, 2.75) is 20.0 Å². The second kappa shape index (κ2) is 5.80. The minimum absolute atomic E-state index is 0.0158. The highest BCUT2D eigenvalue weighted by Crippen LogP contribution is 2.19. The van der Waals surface area contributed by atoms with Gasteiger partial charge in [0, 0.05) is 13.2 Å². The van der Waals surface area contributed by atoms with Crippen molar-refractivity contribution in [2.24, 2.45) is 7.05 Å². The fourth-order valence-electron chi connectivity index (χ4n) is 2.32. The Bertz CT molecular complexity index is 1090. The standard InChI is InChI=1S/C16H16N4O4/c1-8(2)24-9-4-5-12-10(6-9)14(21)18-13(17-12)11-7-20(3)16(23)19-15(11)22/h4-8H,1-3H3,(H,17,18,21)(H,19,22,23). The highest BCUT2D eigenvalue weighted by Gasteiger charge is 2.12. The molecule has 2 aromatic heterocycles. The lowest BCUT2D eigenvalue weighted by Gasteiger charge is -2.10. The van der Waals surface area contributed by atoms with Gasteiger partial charge in [0.2, 0.25) is 0 Å². The number of aromatic nitrogens is 4. The zero-order valence-corrected chi connectivity index (χ0v) is 13.4. The normalized spacial score (nSPS) is 11.2. The molecule has 3 rings (SSSR count). The van der Waals surface area contributed by atoms with E-state index in [1.165, 1.54) is 17.8 Å². The summed E-state index contributed by atoms with van der Waals surface area (Å²) >= 11 is 0. The molecule has 124 valence electrons. The van der Waals surface area contributed by atoms with Crippen LogP contribution in [0.3, 0.4) is 0 Å². The molecule has 1 aromatic carbocycles. The molecule has 0 bridgehead atoms. The van der Waals surface area contributed by atoms with Crippen LogP contribution in [0.25, 0.3) is 22.3 Å². The van der Waals surface area contributed by atoms with Gasteiger partial charge >= 0.3 is 5.69 Å². The van der Waals surface area contributed by atoms with E-state index in [0.717, 1.165) is 0 Å². The van der Waals surface area contributed by atoms with E-state index in [0.29, 0.717) is 16.7 Å². The topological polar surface area (TPSA) is 110 Å². The van der Waals surface area contributed by atoms with E-state index < -0.39 is 16.8 Å². The molecule has 0 amide bonds. The van der Waals surface area contributed by atoms with Crippen molar-refractivity contribution >= 4 is 10.9 Å². The molecule has 0 spiro atoms. The zero-order valence-electron chi connectivity index (χ0n) is 13.4. The third-order valence-electron chi connectivity index (χ3n) is 3.41. The minimum atomic E-state index is -0.611. The van der Waals surface area contributed by atoms with Crippen molar-refractivity contribution in [2.75, 3.05) is 0 Å². The molecule has 0 fully saturated rings. The van der Waals surface area contributed by atoms with Crippen LogP contribution in [0.2, 0.25) is 0 Å². The summed E-state index contributed by atoms with van der Waals surface area (Å²) in [5.74, 6) is 0.666. The maximum absolute atomic E-state index is 12.3. The summed E-state index contributed by atoms with van der Waals surface area (Å²) in [6, 6.07) is 4.97. The first-order chi connectivity index (χ1) is 11.3. The van der Waals surface area contributed by atoms with Gasteiger partial charge in [-0.05, 0) is 32.0 Å². The Labute approximate surface area is 135 Å². The Morgan fingerprint density at radius 3 is 2.58 bits per heavy atom. The van der Waals surface area contributed by atoms with E-state index in [1.807, 2.05) is 13.8 Å². The Hall–Kier alpha value is -3.16. The molecule has 0 aliphatic rings. The van der Waals surface area contributed by atoms with Gasteiger partial charge < -0.3 is 14.3 Å². The minimum Gasteiger partial charge on any atom is -0.491 e. The third-order valence-corrected chi connectivity index (χ3v) is 3.41. The van der Waals surface area contributed by atoms with Gasteiger partial charge in [-0.2, -0.15) is 0 Å². The number of benzene rings is 1. The molecule has 24 heavy (non-hydrogen) atoms. The zero-order chi connectivity index (χ0) is 17.4. The predicted molar refractivity (Wildman–Crippen MR) is 89.4 cm³/mol. The molecule has 3 aromatic rings. The molecule has 0 atom stereocenters. The lowest BCUT2D eigenvalue weighted by Crippen LogP contribution is -2.29. The first-order valence-corrected chi connectivity index (χ1v) is 7.36. The van der Waals surface area contributed by atoms with Crippen molar-refractivity contribution in [3.8, 4) is 17.1 Å². The number of nitrogens with one attached hydrogen (secondary N) is 2. The van der Waals surface area contributed by atoms with Crippen LogP contribution in [0.4, 0.5) is 0 Å². The molecule has 0 saturated heterocycles. The molecule has 2 N–H and O–H groups in total. The Morgan fingerprint density at radius 2 is 1.88 bits per heavy atom. The molecule has 0 aliphatic carbocycles. The highest BCUT2D eigenvalue weighted by molar-refractivity contribution is 5.80. The summed E-state index contributed by atoms with van der Waals surface area (Å²) in [4.78, 5) is 44.8. The van der Waals surface area contributed by atoms with Crippen molar-refractivity contribution < 1.29 is 4.74 Å². The largest absolute Gasteiger partial charge is 0.491 e. The maximum Gasteiger partial charge on any atom is 0.328 e. The molecule has 8 nitrogen and oxygen atoms in total. The van der Waals surface area contributed by atoms with E-state index in [1.54, 1.807) is 18.2 Å². The molecule has 0 saturated carbocycles. The summed E-state index contributed by atoms with van der Waals surface area (Å²) in [6.45, 7) is 3.78. The number of hydrogen-bond donors (Lipinski definition) is 2. The van der Waals surface area contributed by atoms with Crippen molar-refractivity contribution in [1.29, 1.82) is 0 Å². The monoisotopic (exact) mass is 328 g/mol. The van der Waals surface area contributed by atoms with Crippen LogP contribution >= 0.6 is 0 Å². The highest BCUT2D eigenvalue weighted by atomic mass is 16.5. The first kappa shape index (κ1) is 15.7. The fourth-order valence-corrected chi connectivity index (χ4v) is 2.32. The Kier molecular flexibility index (Phi) is 3.80. The van der Waals surface area contributed by atoms with Crippen LogP contribution in [0.1, 0.15) is 13.8 Å². The average Bonchev–Trinajstić information content (AvgIpc) is 2.51. The molecule has 0 aliphatic heterocycles. The van der Waals surface area contributed by atoms with Gasteiger partial charge in [0.15, 0.2) is 0 Å². The van der Waals surface area contributed by atoms with Crippen LogP contribution in [-0.4, -0.2) is 25.6 Å². The summed E-state index contributed by atoms with van der Waals surface area (Å²) in [5.41, 5.74) is -1.00. The second-order valence-corrected chi connectivity index (χ2v) is 5.67. The summed E-state index contributed by atoms with van der Waals surface area (Å²) in [6.07, 6.45) is 1.32. The van der Waals surface area contributed by atoms with Crippen LogP contribution in [-0.2, 0) is 7.05 Å². The fraction of sp³-hybridized carbons (Fsp3) is 0.250. The smallest absolute Gasteiger partial charge is 0.328 e. The van der Waals surface area contributed by atoms with Crippen LogP contribution in [0.15, 0.2) is 38.8 Å². The van der Waals surface area contributed by atoms with Crippen LogP contribution < -0.4 is 21.5 Å². The number of rotatable bonds is 3. The Balaban J connectivity index is 2.19.